The van der Waals surface area contributed by atoms with Gasteiger partial charge in [0.15, 0.2) is 11.5 Å². The van der Waals surface area contributed by atoms with Crippen molar-refractivity contribution in [1.82, 2.24) is 0 Å². The number of rotatable bonds is 8. The van der Waals surface area contributed by atoms with Crippen LogP contribution in [0.3, 0.4) is 0 Å². The maximum absolute atomic E-state index is 13.1. The predicted molar refractivity (Wildman–Crippen MR) is 148 cm³/mol. The standard InChI is InChI=1S/C26H21ClINO5S/c1-3-33-22-13-17(12-19(28)24(22)34-15-16-7-6-8-18(27)11-16)14-23-25(30)29(26(31)35-23)20-9-4-5-10-21(20)32-2/h4-14H,3,15H2,1-2H3/b23-14-. The van der Waals surface area contributed by atoms with Gasteiger partial charge in [0.1, 0.15) is 12.4 Å². The van der Waals surface area contributed by atoms with Gasteiger partial charge >= 0.3 is 0 Å². The third-order valence-corrected chi connectivity index (χ3v) is 6.93. The molecule has 6 nitrogen and oxygen atoms in total. The van der Waals surface area contributed by atoms with Crippen LogP contribution in [-0.4, -0.2) is 24.9 Å². The lowest BCUT2D eigenvalue weighted by Crippen LogP contribution is -2.28. The summed E-state index contributed by atoms with van der Waals surface area (Å²) in [5.74, 6) is 1.20. The number of hydrogen-bond acceptors (Lipinski definition) is 6. The molecule has 0 spiro atoms. The molecule has 1 heterocycles. The van der Waals surface area contributed by atoms with E-state index in [0.717, 1.165) is 31.4 Å². The zero-order valence-corrected chi connectivity index (χ0v) is 22.6. The minimum absolute atomic E-state index is 0.312. The molecule has 4 rings (SSSR count). The summed E-state index contributed by atoms with van der Waals surface area (Å²) >= 11 is 9.14. The van der Waals surface area contributed by atoms with Gasteiger partial charge in [-0.1, -0.05) is 35.9 Å². The van der Waals surface area contributed by atoms with E-state index in [1.54, 1.807) is 36.4 Å². The van der Waals surface area contributed by atoms with E-state index < -0.39 is 5.91 Å². The second-order valence-corrected chi connectivity index (χ2v) is 9.96. The van der Waals surface area contributed by atoms with E-state index in [2.05, 4.69) is 22.6 Å². The molecule has 3 aromatic carbocycles. The highest BCUT2D eigenvalue weighted by molar-refractivity contribution is 14.1. The Morgan fingerprint density at radius 3 is 2.57 bits per heavy atom. The van der Waals surface area contributed by atoms with Gasteiger partial charge in [-0.15, -0.1) is 0 Å². The van der Waals surface area contributed by atoms with E-state index in [4.69, 9.17) is 25.8 Å². The number of imide groups is 1. The normalized spacial score (nSPS) is 14.5. The molecule has 180 valence electrons. The minimum Gasteiger partial charge on any atom is -0.495 e. The summed E-state index contributed by atoms with van der Waals surface area (Å²) < 4.78 is 18.0. The van der Waals surface area contributed by atoms with Gasteiger partial charge in [-0.2, -0.15) is 0 Å². The van der Waals surface area contributed by atoms with Crippen molar-refractivity contribution in [2.24, 2.45) is 0 Å². The molecule has 0 unspecified atom stereocenters. The van der Waals surface area contributed by atoms with Crippen molar-refractivity contribution >= 4 is 68.9 Å². The number of hydrogen-bond donors (Lipinski definition) is 0. The van der Waals surface area contributed by atoms with E-state index in [-0.39, 0.29) is 5.24 Å². The summed E-state index contributed by atoms with van der Waals surface area (Å²) in [5, 5.41) is 0.259. The number of amides is 2. The van der Waals surface area contributed by atoms with Crippen LogP contribution >= 0.6 is 46.0 Å². The summed E-state index contributed by atoms with van der Waals surface area (Å²) in [6.07, 6.45) is 1.69. The average Bonchev–Trinajstić information content (AvgIpc) is 3.11. The third-order valence-electron chi connectivity index (χ3n) is 5.02. The van der Waals surface area contributed by atoms with Gasteiger partial charge in [-0.25, -0.2) is 4.90 Å². The van der Waals surface area contributed by atoms with Gasteiger partial charge < -0.3 is 14.2 Å². The van der Waals surface area contributed by atoms with Gasteiger partial charge in [0.2, 0.25) is 0 Å². The van der Waals surface area contributed by atoms with E-state index >= 15 is 0 Å². The molecule has 1 aliphatic heterocycles. The first-order valence-electron chi connectivity index (χ1n) is 10.7. The Morgan fingerprint density at radius 2 is 1.83 bits per heavy atom. The number of carbonyl (C=O) groups is 2. The molecule has 0 saturated carbocycles. The van der Waals surface area contributed by atoms with Gasteiger partial charge in [-0.3, -0.25) is 9.59 Å². The van der Waals surface area contributed by atoms with Gasteiger partial charge in [-0.05, 0) is 94.9 Å². The number of anilines is 1. The zero-order valence-electron chi connectivity index (χ0n) is 18.9. The molecule has 35 heavy (non-hydrogen) atoms. The van der Waals surface area contributed by atoms with E-state index in [0.29, 0.717) is 46.1 Å². The Bertz CT molecular complexity index is 1310. The van der Waals surface area contributed by atoms with Gasteiger partial charge in [0.05, 0.1) is 27.9 Å². The summed E-state index contributed by atoms with van der Waals surface area (Å²) in [6, 6.07) is 18.1. The van der Waals surface area contributed by atoms with E-state index in [1.807, 2.05) is 37.3 Å². The largest absolute Gasteiger partial charge is 0.495 e. The zero-order chi connectivity index (χ0) is 24.9. The number of benzene rings is 3. The fourth-order valence-electron chi connectivity index (χ4n) is 3.50. The quantitative estimate of drug-likeness (QED) is 0.196. The van der Waals surface area contributed by atoms with Crippen molar-refractivity contribution < 1.29 is 23.8 Å². The SMILES string of the molecule is CCOc1cc(/C=C2\SC(=O)N(c3ccccc3OC)C2=O)cc(I)c1OCc1cccc(Cl)c1. The van der Waals surface area contributed by atoms with Gasteiger partial charge in [0, 0.05) is 5.02 Å². The second kappa shape index (κ2) is 11.4. The Balaban J connectivity index is 1.62. The Hall–Kier alpha value is -2.69. The van der Waals surface area contributed by atoms with Crippen LogP contribution < -0.4 is 19.1 Å². The van der Waals surface area contributed by atoms with Crippen LogP contribution in [0.4, 0.5) is 10.5 Å². The fraction of sp³-hybridized carbons (Fsp3) is 0.154. The molecule has 1 fully saturated rings. The highest BCUT2D eigenvalue weighted by atomic mass is 127. The number of halogens is 2. The molecule has 0 atom stereocenters. The molecule has 2 amide bonds. The first-order chi connectivity index (χ1) is 16.9. The number of nitrogens with zero attached hydrogens (tertiary/aromatic N) is 1. The Kier molecular flexibility index (Phi) is 8.25. The first kappa shape index (κ1) is 25.4. The van der Waals surface area contributed by atoms with Crippen molar-refractivity contribution in [2.75, 3.05) is 18.6 Å². The fourth-order valence-corrected chi connectivity index (χ4v) is 5.33. The average molecular weight is 622 g/mol. The number of ether oxygens (including phenoxy) is 3. The summed E-state index contributed by atoms with van der Waals surface area (Å²) in [5.41, 5.74) is 2.07. The number of carbonyl (C=O) groups excluding carboxylic acids is 2. The van der Waals surface area contributed by atoms with E-state index in [9.17, 15) is 9.59 Å². The lowest BCUT2D eigenvalue weighted by Gasteiger charge is -2.16. The summed E-state index contributed by atoms with van der Waals surface area (Å²) in [6.45, 7) is 2.66. The first-order valence-corrected chi connectivity index (χ1v) is 12.9. The molecular formula is C26H21ClINO5S. The predicted octanol–water partition coefficient (Wildman–Crippen LogP) is 7.17. The molecule has 1 saturated heterocycles. The Labute approximate surface area is 226 Å². The van der Waals surface area contributed by atoms with Crippen molar-refractivity contribution in [1.29, 1.82) is 0 Å². The molecule has 0 aliphatic carbocycles. The van der Waals surface area contributed by atoms with Crippen molar-refractivity contribution in [3.05, 3.63) is 85.3 Å². The number of methoxy groups -OCH3 is 1. The summed E-state index contributed by atoms with van der Waals surface area (Å²) in [4.78, 5) is 27.3. The third kappa shape index (κ3) is 5.76. The molecule has 0 N–H and O–H groups in total. The lowest BCUT2D eigenvalue weighted by molar-refractivity contribution is -0.113. The highest BCUT2D eigenvalue weighted by Gasteiger charge is 2.37. The highest BCUT2D eigenvalue weighted by Crippen LogP contribution is 2.41. The van der Waals surface area contributed by atoms with Crippen molar-refractivity contribution in [2.45, 2.75) is 13.5 Å². The maximum Gasteiger partial charge on any atom is 0.298 e. The minimum atomic E-state index is -0.404. The maximum atomic E-state index is 13.1. The lowest BCUT2D eigenvalue weighted by atomic mass is 10.1. The molecule has 0 aromatic heterocycles. The number of para-hydroxylation sites is 2. The van der Waals surface area contributed by atoms with Crippen LogP contribution in [0.25, 0.3) is 6.08 Å². The number of thioether (sulfide) groups is 1. The molecule has 1 aliphatic rings. The summed E-state index contributed by atoms with van der Waals surface area (Å²) in [7, 11) is 1.50. The monoisotopic (exact) mass is 621 g/mol. The molecule has 0 bridgehead atoms. The van der Waals surface area contributed by atoms with Crippen molar-refractivity contribution in [3.8, 4) is 17.2 Å². The van der Waals surface area contributed by atoms with Crippen LogP contribution in [0.1, 0.15) is 18.1 Å². The van der Waals surface area contributed by atoms with Gasteiger partial charge in [0.25, 0.3) is 11.1 Å². The van der Waals surface area contributed by atoms with Crippen LogP contribution in [0.15, 0.2) is 65.6 Å². The molecule has 0 radical (unpaired) electrons. The van der Waals surface area contributed by atoms with Crippen LogP contribution in [0.2, 0.25) is 5.02 Å². The smallest absolute Gasteiger partial charge is 0.298 e. The topological polar surface area (TPSA) is 65.1 Å². The van der Waals surface area contributed by atoms with E-state index in [1.165, 1.54) is 7.11 Å². The molecule has 3 aromatic rings. The second-order valence-electron chi connectivity index (χ2n) is 7.37. The molecular weight excluding hydrogens is 601 g/mol. The van der Waals surface area contributed by atoms with Crippen LogP contribution in [-0.2, 0) is 11.4 Å². The Morgan fingerprint density at radius 1 is 1.03 bits per heavy atom. The van der Waals surface area contributed by atoms with Crippen molar-refractivity contribution in [3.63, 3.8) is 0 Å². The molecule has 9 heteroatoms. The van der Waals surface area contributed by atoms with Crippen LogP contribution in [0, 0.1) is 3.57 Å². The van der Waals surface area contributed by atoms with Crippen LogP contribution in [0.5, 0.6) is 17.2 Å².